The van der Waals surface area contributed by atoms with Crippen LogP contribution in [0.2, 0.25) is 0 Å². The molecule has 0 saturated heterocycles. The first-order valence-corrected chi connectivity index (χ1v) is 4.69. The maximum atomic E-state index is 11.4. The maximum absolute atomic E-state index is 11.4. The summed E-state index contributed by atoms with van der Waals surface area (Å²) in [5.74, 6) is 0.164. The third-order valence-electron chi connectivity index (χ3n) is 2.25. The lowest BCUT2D eigenvalue weighted by Gasteiger charge is -1.99. The van der Waals surface area contributed by atoms with Crippen molar-refractivity contribution >= 4 is 16.7 Å². The summed E-state index contributed by atoms with van der Waals surface area (Å²) in [7, 11) is 0. The van der Waals surface area contributed by atoms with Crippen molar-refractivity contribution < 1.29 is 4.79 Å². The van der Waals surface area contributed by atoms with Crippen LogP contribution in [0.5, 0.6) is 0 Å². The highest BCUT2D eigenvalue weighted by molar-refractivity contribution is 5.98. The minimum Gasteiger partial charge on any atom is -0.294 e. The molecule has 0 radical (unpaired) electrons. The van der Waals surface area contributed by atoms with Crippen LogP contribution in [0, 0.1) is 0 Å². The van der Waals surface area contributed by atoms with E-state index in [-0.39, 0.29) is 5.78 Å². The first-order chi connectivity index (χ1) is 6.81. The van der Waals surface area contributed by atoms with E-state index < -0.39 is 0 Å². The summed E-state index contributed by atoms with van der Waals surface area (Å²) in [6.07, 6.45) is 2.28. The van der Waals surface area contributed by atoms with Gasteiger partial charge in [-0.05, 0) is 12.1 Å². The van der Waals surface area contributed by atoms with Crippen LogP contribution in [-0.4, -0.2) is 10.8 Å². The average molecular weight is 185 g/mol. The zero-order valence-electron chi connectivity index (χ0n) is 8.03. The third-order valence-corrected chi connectivity index (χ3v) is 2.25. The van der Waals surface area contributed by atoms with Gasteiger partial charge in [0.2, 0.25) is 0 Å². The Kier molecular flexibility index (Phi) is 2.27. The van der Waals surface area contributed by atoms with Crippen LogP contribution < -0.4 is 0 Å². The Morgan fingerprint density at radius 3 is 3.00 bits per heavy atom. The molecular weight excluding hydrogens is 174 g/mol. The quantitative estimate of drug-likeness (QED) is 0.673. The Bertz CT molecular complexity index is 476. The minimum absolute atomic E-state index is 0.164. The van der Waals surface area contributed by atoms with Gasteiger partial charge in [0.15, 0.2) is 5.78 Å². The first kappa shape index (κ1) is 8.88. The molecule has 1 aromatic carbocycles. The van der Waals surface area contributed by atoms with E-state index in [1.54, 1.807) is 6.20 Å². The van der Waals surface area contributed by atoms with Crippen molar-refractivity contribution in [3.05, 3.63) is 42.1 Å². The Labute approximate surface area is 82.6 Å². The Balaban J connectivity index is 2.56. The van der Waals surface area contributed by atoms with Crippen molar-refractivity contribution in [1.82, 2.24) is 4.98 Å². The van der Waals surface area contributed by atoms with Gasteiger partial charge in [-0.2, -0.15) is 0 Å². The largest absolute Gasteiger partial charge is 0.294 e. The fourth-order valence-electron chi connectivity index (χ4n) is 1.44. The van der Waals surface area contributed by atoms with Gasteiger partial charge in [-0.3, -0.25) is 9.78 Å². The second kappa shape index (κ2) is 3.58. The first-order valence-electron chi connectivity index (χ1n) is 4.69. The molecule has 2 heteroatoms. The molecule has 0 N–H and O–H groups in total. The molecule has 0 aliphatic carbocycles. The topological polar surface area (TPSA) is 30.0 Å². The number of fused-ring (bicyclic) bond motifs is 1. The van der Waals surface area contributed by atoms with Gasteiger partial charge in [0, 0.05) is 23.6 Å². The molecule has 70 valence electrons. The SMILES string of the molecule is CCC(=O)c1ccc2cccnc2c1. The predicted octanol–water partition coefficient (Wildman–Crippen LogP) is 2.83. The number of aromatic nitrogens is 1. The molecule has 1 aromatic heterocycles. The van der Waals surface area contributed by atoms with Gasteiger partial charge in [0.05, 0.1) is 5.52 Å². The molecule has 0 unspecified atom stereocenters. The van der Waals surface area contributed by atoms with Crippen molar-refractivity contribution in [1.29, 1.82) is 0 Å². The monoisotopic (exact) mass is 185 g/mol. The molecule has 0 aliphatic rings. The van der Waals surface area contributed by atoms with Crippen LogP contribution in [0.15, 0.2) is 36.5 Å². The van der Waals surface area contributed by atoms with Crippen molar-refractivity contribution in [3.8, 4) is 0 Å². The van der Waals surface area contributed by atoms with Crippen LogP contribution in [0.25, 0.3) is 10.9 Å². The van der Waals surface area contributed by atoms with Gasteiger partial charge in [-0.15, -0.1) is 0 Å². The second-order valence-corrected chi connectivity index (χ2v) is 3.19. The molecule has 0 fully saturated rings. The molecule has 0 amide bonds. The van der Waals surface area contributed by atoms with Crippen molar-refractivity contribution in [2.24, 2.45) is 0 Å². The van der Waals surface area contributed by atoms with E-state index in [4.69, 9.17) is 0 Å². The van der Waals surface area contributed by atoms with E-state index in [1.165, 1.54) is 0 Å². The van der Waals surface area contributed by atoms with Crippen LogP contribution in [0.4, 0.5) is 0 Å². The number of carbonyl (C=O) groups excluding carboxylic acids is 1. The number of pyridine rings is 1. The molecule has 2 rings (SSSR count). The fourth-order valence-corrected chi connectivity index (χ4v) is 1.44. The third kappa shape index (κ3) is 1.51. The maximum Gasteiger partial charge on any atom is 0.162 e. The number of rotatable bonds is 2. The van der Waals surface area contributed by atoms with Crippen molar-refractivity contribution in [3.63, 3.8) is 0 Å². The predicted molar refractivity (Wildman–Crippen MR) is 56.4 cm³/mol. The van der Waals surface area contributed by atoms with E-state index in [0.717, 1.165) is 16.5 Å². The van der Waals surface area contributed by atoms with Gasteiger partial charge in [-0.1, -0.05) is 25.1 Å². The number of hydrogen-bond acceptors (Lipinski definition) is 2. The van der Waals surface area contributed by atoms with Gasteiger partial charge in [0.1, 0.15) is 0 Å². The Morgan fingerprint density at radius 2 is 2.21 bits per heavy atom. The smallest absolute Gasteiger partial charge is 0.162 e. The zero-order chi connectivity index (χ0) is 9.97. The molecule has 0 bridgehead atoms. The molecule has 0 aliphatic heterocycles. The molecule has 0 spiro atoms. The fraction of sp³-hybridized carbons (Fsp3) is 0.167. The lowest BCUT2D eigenvalue weighted by atomic mass is 10.1. The van der Waals surface area contributed by atoms with E-state index in [0.29, 0.717) is 6.42 Å². The van der Waals surface area contributed by atoms with Gasteiger partial charge in [0.25, 0.3) is 0 Å². The van der Waals surface area contributed by atoms with E-state index in [1.807, 2.05) is 37.3 Å². The molecule has 2 nitrogen and oxygen atoms in total. The lowest BCUT2D eigenvalue weighted by molar-refractivity contribution is 0.0988. The van der Waals surface area contributed by atoms with Crippen LogP contribution in [0.3, 0.4) is 0 Å². The standard InChI is InChI=1S/C12H11NO/c1-2-12(14)10-6-5-9-4-3-7-13-11(9)8-10/h3-8H,2H2,1H3. The van der Waals surface area contributed by atoms with Crippen LogP contribution >= 0.6 is 0 Å². The summed E-state index contributed by atoms with van der Waals surface area (Å²) in [5.41, 5.74) is 1.63. The number of carbonyl (C=O) groups is 1. The molecule has 0 saturated carbocycles. The second-order valence-electron chi connectivity index (χ2n) is 3.19. The zero-order valence-corrected chi connectivity index (χ0v) is 8.03. The average Bonchev–Trinajstić information content (AvgIpc) is 2.27. The highest BCUT2D eigenvalue weighted by Crippen LogP contribution is 2.14. The Hall–Kier alpha value is -1.70. The van der Waals surface area contributed by atoms with Crippen LogP contribution in [-0.2, 0) is 0 Å². The van der Waals surface area contributed by atoms with Gasteiger partial charge < -0.3 is 0 Å². The number of ketones is 1. The summed E-state index contributed by atoms with van der Waals surface area (Å²) < 4.78 is 0. The number of Topliss-reactive ketones (excluding diaryl/α,β-unsaturated/α-hetero) is 1. The van der Waals surface area contributed by atoms with Crippen molar-refractivity contribution in [2.45, 2.75) is 13.3 Å². The summed E-state index contributed by atoms with van der Waals surface area (Å²) in [6, 6.07) is 9.52. The molecular formula is C12H11NO. The number of nitrogens with zero attached hydrogens (tertiary/aromatic N) is 1. The minimum atomic E-state index is 0.164. The normalized spacial score (nSPS) is 10.4. The highest BCUT2D eigenvalue weighted by atomic mass is 16.1. The van der Waals surface area contributed by atoms with Crippen molar-refractivity contribution in [2.75, 3.05) is 0 Å². The summed E-state index contributed by atoms with van der Waals surface area (Å²) in [5, 5.41) is 1.07. The van der Waals surface area contributed by atoms with Gasteiger partial charge in [-0.25, -0.2) is 0 Å². The Morgan fingerprint density at radius 1 is 1.36 bits per heavy atom. The van der Waals surface area contributed by atoms with E-state index in [2.05, 4.69) is 4.98 Å². The number of benzene rings is 1. The van der Waals surface area contributed by atoms with E-state index in [9.17, 15) is 4.79 Å². The summed E-state index contributed by atoms with van der Waals surface area (Å²) >= 11 is 0. The van der Waals surface area contributed by atoms with E-state index >= 15 is 0 Å². The molecule has 14 heavy (non-hydrogen) atoms. The van der Waals surface area contributed by atoms with Gasteiger partial charge >= 0.3 is 0 Å². The number of hydrogen-bond donors (Lipinski definition) is 0. The summed E-state index contributed by atoms with van der Waals surface area (Å²) in [6.45, 7) is 1.87. The highest BCUT2D eigenvalue weighted by Gasteiger charge is 2.03. The summed E-state index contributed by atoms with van der Waals surface area (Å²) in [4.78, 5) is 15.6. The lowest BCUT2D eigenvalue weighted by Crippen LogP contribution is -1.96. The van der Waals surface area contributed by atoms with Crippen LogP contribution in [0.1, 0.15) is 23.7 Å². The molecule has 0 atom stereocenters. The molecule has 1 heterocycles. The molecule has 2 aromatic rings.